The highest BCUT2D eigenvalue weighted by Gasteiger charge is 2.28. The molecule has 0 amide bonds. The van der Waals surface area contributed by atoms with Crippen molar-refractivity contribution in [3.05, 3.63) is 29.3 Å². The third-order valence-electron chi connectivity index (χ3n) is 4.33. The zero-order valence-electron chi connectivity index (χ0n) is 10.7. The van der Waals surface area contributed by atoms with Crippen molar-refractivity contribution >= 4 is 5.69 Å². The normalized spacial score (nSPS) is 21.9. The first kappa shape index (κ1) is 11.1. The van der Waals surface area contributed by atoms with Gasteiger partial charge in [0.25, 0.3) is 0 Å². The molecule has 1 fully saturated rings. The Morgan fingerprint density at radius 1 is 1.29 bits per heavy atom. The molecule has 1 atom stereocenters. The van der Waals surface area contributed by atoms with Crippen molar-refractivity contribution in [3.8, 4) is 0 Å². The van der Waals surface area contributed by atoms with Gasteiger partial charge in [0.15, 0.2) is 0 Å². The fraction of sp³-hybridized carbons (Fsp3) is 0.600. The molecule has 0 aromatic heterocycles. The van der Waals surface area contributed by atoms with Gasteiger partial charge in [0.05, 0.1) is 0 Å². The minimum absolute atomic E-state index is 0.154. The first-order valence-electron chi connectivity index (χ1n) is 6.91. The molecule has 2 heteroatoms. The minimum Gasteiger partial charge on any atom is -0.368 e. The molecule has 1 aliphatic carbocycles. The van der Waals surface area contributed by atoms with Crippen molar-refractivity contribution in [2.24, 2.45) is 5.73 Å². The van der Waals surface area contributed by atoms with E-state index in [9.17, 15) is 0 Å². The Kier molecular flexibility index (Phi) is 2.83. The molecule has 0 saturated heterocycles. The van der Waals surface area contributed by atoms with E-state index in [1.54, 1.807) is 0 Å². The standard InChI is InChI=1S/C15H22N2/c1-11(16)12-6-7-15-13(10-12)8-9-17(15)14-4-2-3-5-14/h6-7,10-11,14H,2-5,8-9,16H2,1H3. The topological polar surface area (TPSA) is 29.3 Å². The summed E-state index contributed by atoms with van der Waals surface area (Å²) in [5, 5.41) is 0. The smallest absolute Gasteiger partial charge is 0.0402 e. The Labute approximate surface area is 104 Å². The van der Waals surface area contributed by atoms with Crippen LogP contribution in [0.3, 0.4) is 0 Å². The summed E-state index contributed by atoms with van der Waals surface area (Å²) in [5.74, 6) is 0. The predicted octanol–water partition coefficient (Wildman–Crippen LogP) is 3.01. The lowest BCUT2D eigenvalue weighted by atomic mass is 10.0. The second-order valence-corrected chi connectivity index (χ2v) is 5.56. The van der Waals surface area contributed by atoms with Gasteiger partial charge in [0, 0.05) is 24.3 Å². The lowest BCUT2D eigenvalue weighted by molar-refractivity contribution is 0.625. The molecule has 1 aliphatic heterocycles. The van der Waals surface area contributed by atoms with E-state index in [2.05, 4.69) is 30.0 Å². The van der Waals surface area contributed by atoms with Crippen molar-refractivity contribution in [2.75, 3.05) is 11.4 Å². The number of rotatable bonds is 2. The number of hydrogen-bond donors (Lipinski definition) is 1. The Morgan fingerprint density at radius 2 is 2.06 bits per heavy atom. The zero-order valence-corrected chi connectivity index (χ0v) is 10.7. The van der Waals surface area contributed by atoms with Gasteiger partial charge in [0.2, 0.25) is 0 Å². The summed E-state index contributed by atoms with van der Waals surface area (Å²) in [6.45, 7) is 3.27. The molecule has 1 unspecified atom stereocenters. The van der Waals surface area contributed by atoms with Crippen LogP contribution >= 0.6 is 0 Å². The fourth-order valence-electron chi connectivity index (χ4n) is 3.33. The summed E-state index contributed by atoms with van der Waals surface area (Å²) >= 11 is 0. The van der Waals surface area contributed by atoms with E-state index in [1.807, 2.05) is 0 Å². The van der Waals surface area contributed by atoms with Crippen LogP contribution in [-0.4, -0.2) is 12.6 Å². The maximum absolute atomic E-state index is 5.95. The van der Waals surface area contributed by atoms with Crippen LogP contribution in [0, 0.1) is 0 Å². The van der Waals surface area contributed by atoms with Crippen LogP contribution in [0.15, 0.2) is 18.2 Å². The monoisotopic (exact) mass is 230 g/mol. The van der Waals surface area contributed by atoms with E-state index in [0.29, 0.717) is 0 Å². The molecular weight excluding hydrogens is 208 g/mol. The van der Waals surface area contributed by atoms with Gasteiger partial charge in [-0.2, -0.15) is 0 Å². The molecule has 1 heterocycles. The van der Waals surface area contributed by atoms with E-state index >= 15 is 0 Å². The summed E-state index contributed by atoms with van der Waals surface area (Å²) in [7, 11) is 0. The molecule has 1 aromatic carbocycles. The number of nitrogens with zero attached hydrogens (tertiary/aromatic N) is 1. The largest absolute Gasteiger partial charge is 0.368 e. The number of hydrogen-bond acceptors (Lipinski definition) is 2. The van der Waals surface area contributed by atoms with Gasteiger partial charge in [-0.3, -0.25) is 0 Å². The Morgan fingerprint density at radius 3 is 2.76 bits per heavy atom. The maximum atomic E-state index is 5.95. The SMILES string of the molecule is CC(N)c1ccc2c(c1)CCN2C1CCCC1. The van der Waals surface area contributed by atoms with Crippen LogP contribution in [0.5, 0.6) is 0 Å². The lowest BCUT2D eigenvalue weighted by Gasteiger charge is -2.27. The van der Waals surface area contributed by atoms with Crippen LogP contribution in [0.4, 0.5) is 5.69 Å². The summed E-state index contributed by atoms with van der Waals surface area (Å²) < 4.78 is 0. The van der Waals surface area contributed by atoms with Crippen molar-refractivity contribution in [2.45, 2.75) is 51.1 Å². The van der Waals surface area contributed by atoms with Crippen LogP contribution in [0.25, 0.3) is 0 Å². The molecule has 2 nitrogen and oxygen atoms in total. The molecule has 1 aromatic rings. The third kappa shape index (κ3) is 1.95. The van der Waals surface area contributed by atoms with Crippen molar-refractivity contribution in [3.63, 3.8) is 0 Å². The Balaban J connectivity index is 1.87. The van der Waals surface area contributed by atoms with Crippen LogP contribution in [0.1, 0.15) is 49.8 Å². The lowest BCUT2D eigenvalue weighted by Crippen LogP contribution is -2.31. The van der Waals surface area contributed by atoms with Gasteiger partial charge in [-0.1, -0.05) is 25.0 Å². The van der Waals surface area contributed by atoms with Gasteiger partial charge in [0.1, 0.15) is 0 Å². The van der Waals surface area contributed by atoms with Crippen LogP contribution < -0.4 is 10.6 Å². The maximum Gasteiger partial charge on any atom is 0.0402 e. The van der Waals surface area contributed by atoms with Gasteiger partial charge in [-0.05, 0) is 43.4 Å². The van der Waals surface area contributed by atoms with E-state index in [0.717, 1.165) is 6.04 Å². The first-order valence-corrected chi connectivity index (χ1v) is 6.91. The third-order valence-corrected chi connectivity index (χ3v) is 4.33. The van der Waals surface area contributed by atoms with Crippen molar-refractivity contribution in [1.29, 1.82) is 0 Å². The van der Waals surface area contributed by atoms with Gasteiger partial charge in [-0.15, -0.1) is 0 Å². The highest BCUT2D eigenvalue weighted by atomic mass is 15.2. The molecule has 1 saturated carbocycles. The zero-order chi connectivity index (χ0) is 11.8. The van der Waals surface area contributed by atoms with Crippen molar-refractivity contribution in [1.82, 2.24) is 0 Å². The van der Waals surface area contributed by atoms with E-state index < -0.39 is 0 Å². The van der Waals surface area contributed by atoms with Gasteiger partial charge in [-0.25, -0.2) is 0 Å². The van der Waals surface area contributed by atoms with E-state index in [4.69, 9.17) is 5.73 Å². The molecule has 92 valence electrons. The van der Waals surface area contributed by atoms with E-state index in [1.165, 1.54) is 55.5 Å². The number of nitrogens with two attached hydrogens (primary N) is 1. The molecular formula is C15H22N2. The highest BCUT2D eigenvalue weighted by Crippen LogP contribution is 2.35. The van der Waals surface area contributed by atoms with E-state index in [-0.39, 0.29) is 6.04 Å². The minimum atomic E-state index is 0.154. The second-order valence-electron chi connectivity index (χ2n) is 5.56. The molecule has 0 bridgehead atoms. The summed E-state index contributed by atoms with van der Waals surface area (Å²) in [5.41, 5.74) is 10.2. The van der Waals surface area contributed by atoms with Crippen molar-refractivity contribution < 1.29 is 0 Å². The average Bonchev–Trinajstić information content (AvgIpc) is 2.96. The quantitative estimate of drug-likeness (QED) is 0.846. The highest BCUT2D eigenvalue weighted by molar-refractivity contribution is 5.60. The molecule has 2 aliphatic rings. The number of benzene rings is 1. The van der Waals surface area contributed by atoms with Gasteiger partial charge >= 0.3 is 0 Å². The molecule has 17 heavy (non-hydrogen) atoms. The Hall–Kier alpha value is -1.02. The molecule has 0 spiro atoms. The molecule has 2 N–H and O–H groups in total. The average molecular weight is 230 g/mol. The van der Waals surface area contributed by atoms with Gasteiger partial charge < -0.3 is 10.6 Å². The predicted molar refractivity (Wildman–Crippen MR) is 72.4 cm³/mol. The van der Waals surface area contributed by atoms with Crippen LogP contribution in [0.2, 0.25) is 0 Å². The summed E-state index contributed by atoms with van der Waals surface area (Å²) in [6.07, 6.45) is 6.79. The second kappa shape index (κ2) is 4.34. The molecule has 0 radical (unpaired) electrons. The summed E-state index contributed by atoms with van der Waals surface area (Å²) in [4.78, 5) is 2.63. The number of fused-ring (bicyclic) bond motifs is 1. The van der Waals surface area contributed by atoms with Crippen LogP contribution in [-0.2, 0) is 6.42 Å². The molecule has 3 rings (SSSR count). The Bertz CT molecular complexity index is 405. The summed E-state index contributed by atoms with van der Waals surface area (Å²) in [6, 6.07) is 7.77. The number of anilines is 1. The fourth-order valence-corrected chi connectivity index (χ4v) is 3.33. The first-order chi connectivity index (χ1) is 8.25.